The molecule has 0 saturated heterocycles. The molecule has 0 aliphatic rings. The summed E-state index contributed by atoms with van der Waals surface area (Å²) in [6.45, 7) is 3.53. The Morgan fingerprint density at radius 3 is 2.12 bits per heavy atom. The Kier molecular flexibility index (Phi) is 8.23. The summed E-state index contributed by atoms with van der Waals surface area (Å²) in [5, 5.41) is 9.73. The smallest absolute Gasteiger partial charge is 0.168 e. The Labute approximate surface area is 190 Å². The predicted octanol–water partition coefficient (Wildman–Crippen LogP) is 5.47. The van der Waals surface area contributed by atoms with Gasteiger partial charge in [0.05, 0.1) is 0 Å². The van der Waals surface area contributed by atoms with Crippen molar-refractivity contribution in [3.8, 4) is 11.5 Å². The van der Waals surface area contributed by atoms with Gasteiger partial charge in [0.25, 0.3) is 0 Å². The molecule has 0 amide bonds. The number of carbonyl (C=O) groups is 1. The number of ketones is 1. The van der Waals surface area contributed by atoms with Crippen LogP contribution in [0.1, 0.15) is 30.0 Å². The number of carbonyl (C=O) groups excluding carboxylic acids is 1. The number of phenolic OH excluding ortho intramolecular Hbond substituents is 1. The molecule has 0 aliphatic heterocycles. The van der Waals surface area contributed by atoms with E-state index in [0.717, 1.165) is 41.0 Å². The fourth-order valence-electron chi connectivity index (χ4n) is 3.62. The Morgan fingerprint density at radius 1 is 0.875 bits per heavy atom. The van der Waals surface area contributed by atoms with Gasteiger partial charge in [0.15, 0.2) is 5.78 Å². The first-order valence-electron chi connectivity index (χ1n) is 11.0. The summed E-state index contributed by atoms with van der Waals surface area (Å²) in [4.78, 5) is 15.6. The standard InChI is InChI=1S/C28H31NO3/c1-4-26(22-8-6-5-7-9-22)28(23-12-14-24(30)15-13-23)27(31)20-21-10-16-25(17-11-21)32-19-18-29(2)3/h5-17,30H,4,18-20H2,1-3H3/b28-26-. The number of hydrogen-bond acceptors (Lipinski definition) is 4. The van der Waals surface area contributed by atoms with Gasteiger partial charge in [-0.3, -0.25) is 4.79 Å². The van der Waals surface area contributed by atoms with Gasteiger partial charge in [0.2, 0.25) is 0 Å². The SMILES string of the molecule is CC/C(=C(/C(=O)Cc1ccc(OCCN(C)C)cc1)c1ccc(O)cc1)c1ccccc1. The van der Waals surface area contributed by atoms with Gasteiger partial charge in [-0.05, 0) is 67.0 Å². The molecule has 0 fully saturated rings. The van der Waals surface area contributed by atoms with Crippen LogP contribution in [0.4, 0.5) is 0 Å². The summed E-state index contributed by atoms with van der Waals surface area (Å²) in [7, 11) is 4.02. The third-order valence-corrected chi connectivity index (χ3v) is 5.31. The van der Waals surface area contributed by atoms with E-state index in [2.05, 4.69) is 11.8 Å². The number of ether oxygens (including phenoxy) is 1. The molecular formula is C28H31NO3. The van der Waals surface area contributed by atoms with Crippen molar-refractivity contribution in [1.82, 2.24) is 4.90 Å². The molecule has 0 aliphatic carbocycles. The van der Waals surface area contributed by atoms with Crippen LogP contribution in [0.3, 0.4) is 0 Å². The van der Waals surface area contributed by atoms with Crippen LogP contribution in [0.25, 0.3) is 11.1 Å². The van der Waals surface area contributed by atoms with Crippen LogP contribution in [0.5, 0.6) is 11.5 Å². The molecule has 0 bridgehead atoms. The lowest BCUT2D eigenvalue weighted by molar-refractivity contribution is -0.113. The first-order chi connectivity index (χ1) is 15.5. The van der Waals surface area contributed by atoms with E-state index in [1.807, 2.05) is 80.8 Å². The molecule has 0 heterocycles. The highest BCUT2D eigenvalue weighted by Gasteiger charge is 2.18. The van der Waals surface area contributed by atoms with Crippen molar-refractivity contribution in [3.05, 3.63) is 95.6 Å². The average molecular weight is 430 g/mol. The molecule has 0 saturated carbocycles. The van der Waals surface area contributed by atoms with Crippen LogP contribution >= 0.6 is 0 Å². The van der Waals surface area contributed by atoms with Crippen molar-refractivity contribution >= 4 is 16.9 Å². The van der Waals surface area contributed by atoms with Gasteiger partial charge >= 0.3 is 0 Å². The fraction of sp³-hybridized carbons (Fsp3) is 0.250. The maximum absolute atomic E-state index is 13.5. The van der Waals surface area contributed by atoms with Gasteiger partial charge in [0, 0.05) is 18.5 Å². The lowest BCUT2D eigenvalue weighted by atomic mass is 9.88. The number of hydrogen-bond donors (Lipinski definition) is 1. The number of allylic oxidation sites excluding steroid dienone is 2. The summed E-state index contributed by atoms with van der Waals surface area (Å²) >= 11 is 0. The Bertz CT molecular complexity index is 1040. The molecule has 3 aromatic rings. The number of likely N-dealkylation sites (N-methyl/N-ethyl adjacent to an activating group) is 1. The average Bonchev–Trinajstić information content (AvgIpc) is 2.79. The molecule has 1 N–H and O–H groups in total. The van der Waals surface area contributed by atoms with Crippen molar-refractivity contribution in [2.45, 2.75) is 19.8 Å². The van der Waals surface area contributed by atoms with Gasteiger partial charge in [-0.15, -0.1) is 0 Å². The van der Waals surface area contributed by atoms with Crippen molar-refractivity contribution in [2.24, 2.45) is 0 Å². The Balaban J connectivity index is 1.88. The van der Waals surface area contributed by atoms with Crippen LogP contribution in [0, 0.1) is 0 Å². The Hall–Kier alpha value is -3.37. The van der Waals surface area contributed by atoms with E-state index in [-0.39, 0.29) is 11.5 Å². The topological polar surface area (TPSA) is 49.8 Å². The van der Waals surface area contributed by atoms with E-state index in [0.29, 0.717) is 18.6 Å². The normalized spacial score (nSPS) is 11.9. The van der Waals surface area contributed by atoms with Gasteiger partial charge in [-0.1, -0.05) is 61.5 Å². The zero-order valence-corrected chi connectivity index (χ0v) is 19.0. The van der Waals surface area contributed by atoms with Gasteiger partial charge in [-0.25, -0.2) is 0 Å². The van der Waals surface area contributed by atoms with Crippen molar-refractivity contribution < 1.29 is 14.6 Å². The molecule has 0 atom stereocenters. The monoisotopic (exact) mass is 429 g/mol. The van der Waals surface area contributed by atoms with E-state index >= 15 is 0 Å². The Morgan fingerprint density at radius 2 is 1.53 bits per heavy atom. The number of Topliss-reactive ketones (excluding diaryl/α,β-unsaturated/α-hetero) is 1. The van der Waals surface area contributed by atoms with Crippen molar-refractivity contribution in [3.63, 3.8) is 0 Å². The molecule has 0 aromatic heterocycles. The number of aromatic hydroxyl groups is 1. The minimum atomic E-state index is 0.0534. The van der Waals surface area contributed by atoms with E-state index in [9.17, 15) is 9.90 Å². The lowest BCUT2D eigenvalue weighted by Crippen LogP contribution is -2.19. The molecule has 32 heavy (non-hydrogen) atoms. The second-order valence-corrected chi connectivity index (χ2v) is 8.02. The van der Waals surface area contributed by atoms with Crippen molar-refractivity contribution in [2.75, 3.05) is 27.2 Å². The van der Waals surface area contributed by atoms with Gasteiger partial charge in [0.1, 0.15) is 18.1 Å². The molecule has 3 aromatic carbocycles. The summed E-state index contributed by atoms with van der Waals surface area (Å²) < 4.78 is 5.76. The van der Waals surface area contributed by atoms with Gasteiger partial charge < -0.3 is 14.7 Å². The third-order valence-electron chi connectivity index (χ3n) is 5.31. The second-order valence-electron chi connectivity index (χ2n) is 8.02. The molecule has 0 spiro atoms. The van der Waals surface area contributed by atoms with Crippen LogP contribution in [-0.4, -0.2) is 43.0 Å². The summed E-state index contributed by atoms with van der Waals surface area (Å²) in [6.07, 6.45) is 1.02. The number of rotatable bonds is 10. The van der Waals surface area contributed by atoms with E-state index in [1.165, 1.54) is 0 Å². The van der Waals surface area contributed by atoms with E-state index in [4.69, 9.17) is 4.74 Å². The predicted molar refractivity (Wildman–Crippen MR) is 131 cm³/mol. The van der Waals surface area contributed by atoms with Crippen molar-refractivity contribution in [1.29, 1.82) is 0 Å². The summed E-state index contributed by atoms with van der Waals surface area (Å²) in [5.41, 5.74) is 4.50. The molecular weight excluding hydrogens is 398 g/mol. The highest BCUT2D eigenvalue weighted by molar-refractivity contribution is 6.28. The summed E-state index contributed by atoms with van der Waals surface area (Å²) in [6, 6.07) is 24.6. The number of benzene rings is 3. The molecule has 166 valence electrons. The summed E-state index contributed by atoms with van der Waals surface area (Å²) in [5.74, 6) is 1.04. The van der Waals surface area contributed by atoms with Crippen LogP contribution in [0.15, 0.2) is 78.9 Å². The maximum atomic E-state index is 13.5. The highest BCUT2D eigenvalue weighted by Crippen LogP contribution is 2.31. The first kappa shape index (κ1) is 23.3. The fourth-order valence-corrected chi connectivity index (χ4v) is 3.62. The van der Waals surface area contributed by atoms with E-state index in [1.54, 1.807) is 12.1 Å². The quantitative estimate of drug-likeness (QED) is 0.343. The highest BCUT2D eigenvalue weighted by atomic mass is 16.5. The molecule has 4 heteroatoms. The van der Waals surface area contributed by atoms with Crippen LogP contribution in [0.2, 0.25) is 0 Å². The molecule has 0 unspecified atom stereocenters. The molecule has 4 nitrogen and oxygen atoms in total. The third kappa shape index (κ3) is 6.32. The first-order valence-corrected chi connectivity index (χ1v) is 11.0. The largest absolute Gasteiger partial charge is 0.508 e. The molecule has 0 radical (unpaired) electrons. The zero-order valence-electron chi connectivity index (χ0n) is 19.0. The minimum Gasteiger partial charge on any atom is -0.508 e. The maximum Gasteiger partial charge on any atom is 0.168 e. The van der Waals surface area contributed by atoms with E-state index < -0.39 is 0 Å². The zero-order chi connectivity index (χ0) is 22.9. The lowest BCUT2D eigenvalue weighted by Gasteiger charge is -2.15. The van der Waals surface area contributed by atoms with Crippen LogP contribution in [-0.2, 0) is 11.2 Å². The second kappa shape index (κ2) is 11.3. The number of phenols is 1. The van der Waals surface area contributed by atoms with Crippen LogP contribution < -0.4 is 4.74 Å². The number of nitrogens with zero attached hydrogens (tertiary/aromatic N) is 1. The van der Waals surface area contributed by atoms with Gasteiger partial charge in [-0.2, -0.15) is 0 Å². The minimum absolute atomic E-state index is 0.0534. The molecule has 3 rings (SSSR count).